The monoisotopic (exact) mass is 241 g/mol. The predicted octanol–water partition coefficient (Wildman–Crippen LogP) is 2.48. The lowest BCUT2D eigenvalue weighted by molar-refractivity contribution is 0.108. The Hall–Kier alpha value is -1.29. The minimum Gasteiger partial charge on any atom is -0.497 e. The first-order chi connectivity index (χ1) is 7.97. The van der Waals surface area contributed by atoms with Gasteiger partial charge in [-0.1, -0.05) is 13.8 Å². The van der Waals surface area contributed by atoms with Crippen LogP contribution in [0.2, 0.25) is 0 Å². The minimum absolute atomic E-state index is 0.0685. The highest BCUT2D eigenvalue weighted by molar-refractivity contribution is 5.41. The molecule has 0 heterocycles. The molecule has 1 aromatic carbocycles. The van der Waals surface area contributed by atoms with Crippen LogP contribution in [0.1, 0.15) is 19.4 Å². The van der Waals surface area contributed by atoms with Gasteiger partial charge in [0.15, 0.2) is 5.67 Å². The maximum atomic E-state index is 14.8. The molecule has 0 aliphatic rings. The van der Waals surface area contributed by atoms with E-state index in [1.807, 2.05) is 0 Å². The zero-order valence-electron chi connectivity index (χ0n) is 10.8. The van der Waals surface area contributed by atoms with E-state index in [1.54, 1.807) is 32.0 Å². The summed E-state index contributed by atoms with van der Waals surface area (Å²) in [5, 5.41) is 0. The molecule has 0 aliphatic heterocycles. The van der Waals surface area contributed by atoms with Crippen LogP contribution in [0.4, 0.5) is 4.39 Å². The third-order valence-corrected chi connectivity index (χ3v) is 3.04. The number of methoxy groups -OCH3 is 2. The molecule has 0 aromatic heterocycles. The molecule has 4 heteroatoms. The van der Waals surface area contributed by atoms with Crippen molar-refractivity contribution >= 4 is 0 Å². The van der Waals surface area contributed by atoms with Crippen molar-refractivity contribution in [2.24, 2.45) is 11.7 Å². The van der Waals surface area contributed by atoms with Gasteiger partial charge in [0.2, 0.25) is 0 Å². The number of hydrogen-bond donors (Lipinski definition) is 1. The largest absolute Gasteiger partial charge is 0.497 e. The number of hydrogen-bond acceptors (Lipinski definition) is 3. The first-order valence-corrected chi connectivity index (χ1v) is 5.60. The molecular formula is C13H20FNO2. The summed E-state index contributed by atoms with van der Waals surface area (Å²) in [6.07, 6.45) is 0. The minimum atomic E-state index is -1.57. The highest BCUT2D eigenvalue weighted by atomic mass is 19.1. The normalized spacial score (nSPS) is 14.5. The zero-order chi connectivity index (χ0) is 13.1. The third-order valence-electron chi connectivity index (χ3n) is 3.04. The lowest BCUT2D eigenvalue weighted by Crippen LogP contribution is -2.35. The van der Waals surface area contributed by atoms with Gasteiger partial charge in [-0.25, -0.2) is 4.39 Å². The van der Waals surface area contributed by atoms with Crippen LogP contribution in [0.15, 0.2) is 18.2 Å². The molecule has 96 valence electrons. The summed E-state index contributed by atoms with van der Waals surface area (Å²) in [5.41, 5.74) is 4.49. The molecule has 1 atom stereocenters. The molecule has 0 radical (unpaired) electrons. The van der Waals surface area contributed by atoms with Crippen LogP contribution >= 0.6 is 0 Å². The molecule has 1 rings (SSSR count). The number of nitrogens with two attached hydrogens (primary N) is 1. The fourth-order valence-electron chi connectivity index (χ4n) is 1.73. The van der Waals surface area contributed by atoms with Gasteiger partial charge in [0, 0.05) is 12.6 Å². The highest BCUT2D eigenvalue weighted by Gasteiger charge is 2.35. The van der Waals surface area contributed by atoms with E-state index in [4.69, 9.17) is 15.2 Å². The summed E-state index contributed by atoms with van der Waals surface area (Å²) in [6, 6.07) is 5.03. The number of ether oxygens (including phenoxy) is 2. The van der Waals surface area contributed by atoms with Crippen molar-refractivity contribution in [2.45, 2.75) is 19.5 Å². The Balaban J connectivity index is 3.28. The summed E-state index contributed by atoms with van der Waals surface area (Å²) < 4.78 is 25.0. The van der Waals surface area contributed by atoms with Crippen LogP contribution in [0, 0.1) is 5.92 Å². The van der Waals surface area contributed by atoms with Crippen molar-refractivity contribution in [1.82, 2.24) is 0 Å². The Labute approximate surface area is 102 Å². The van der Waals surface area contributed by atoms with Crippen molar-refractivity contribution in [2.75, 3.05) is 20.8 Å². The van der Waals surface area contributed by atoms with E-state index < -0.39 is 5.67 Å². The number of rotatable bonds is 5. The van der Waals surface area contributed by atoms with Gasteiger partial charge in [0.1, 0.15) is 11.5 Å². The molecule has 0 bridgehead atoms. The van der Waals surface area contributed by atoms with E-state index >= 15 is 0 Å². The second kappa shape index (κ2) is 5.36. The van der Waals surface area contributed by atoms with E-state index in [0.717, 1.165) is 0 Å². The summed E-state index contributed by atoms with van der Waals surface area (Å²) in [6.45, 7) is 3.54. The van der Waals surface area contributed by atoms with Crippen LogP contribution < -0.4 is 15.2 Å². The fourth-order valence-corrected chi connectivity index (χ4v) is 1.73. The number of halogens is 1. The van der Waals surface area contributed by atoms with Gasteiger partial charge in [0.25, 0.3) is 0 Å². The third kappa shape index (κ3) is 2.69. The van der Waals surface area contributed by atoms with E-state index in [1.165, 1.54) is 14.2 Å². The molecule has 0 spiro atoms. The van der Waals surface area contributed by atoms with Gasteiger partial charge in [-0.3, -0.25) is 0 Å². The molecule has 0 amide bonds. The zero-order valence-corrected chi connectivity index (χ0v) is 10.8. The Bertz CT molecular complexity index is 359. The molecule has 0 saturated carbocycles. The fraction of sp³-hybridized carbons (Fsp3) is 0.538. The number of benzene rings is 1. The van der Waals surface area contributed by atoms with Gasteiger partial charge in [-0.15, -0.1) is 0 Å². The molecule has 3 nitrogen and oxygen atoms in total. The van der Waals surface area contributed by atoms with Gasteiger partial charge >= 0.3 is 0 Å². The molecule has 0 aliphatic carbocycles. The molecule has 1 unspecified atom stereocenters. The van der Waals surface area contributed by atoms with Crippen LogP contribution in [0.5, 0.6) is 11.5 Å². The Morgan fingerprint density at radius 3 is 1.94 bits per heavy atom. The van der Waals surface area contributed by atoms with Crippen molar-refractivity contribution in [1.29, 1.82) is 0 Å². The second-order valence-corrected chi connectivity index (χ2v) is 4.32. The van der Waals surface area contributed by atoms with Crippen molar-refractivity contribution in [3.05, 3.63) is 23.8 Å². The molecule has 0 fully saturated rings. The Kier molecular flexibility index (Phi) is 4.34. The predicted molar refractivity (Wildman–Crippen MR) is 66.2 cm³/mol. The number of alkyl halides is 1. The molecule has 2 N–H and O–H groups in total. The van der Waals surface area contributed by atoms with Crippen molar-refractivity contribution < 1.29 is 13.9 Å². The topological polar surface area (TPSA) is 44.5 Å². The van der Waals surface area contributed by atoms with Crippen molar-refractivity contribution in [3.63, 3.8) is 0 Å². The average molecular weight is 241 g/mol. The highest BCUT2D eigenvalue weighted by Crippen LogP contribution is 2.37. The first kappa shape index (κ1) is 13.8. The summed E-state index contributed by atoms with van der Waals surface area (Å²) in [5.74, 6) is 0.912. The van der Waals surface area contributed by atoms with Gasteiger partial charge in [-0.05, 0) is 23.6 Å². The average Bonchev–Trinajstić information content (AvgIpc) is 2.36. The lowest BCUT2D eigenvalue weighted by atomic mass is 9.85. The maximum absolute atomic E-state index is 14.8. The standard InChI is InChI=1S/C13H20FNO2/c1-9(2)13(14,8-15)10-5-11(16-3)7-12(6-10)17-4/h5-7,9H,8,15H2,1-4H3. The van der Waals surface area contributed by atoms with Crippen LogP contribution in [0.25, 0.3) is 0 Å². The SMILES string of the molecule is COc1cc(OC)cc(C(F)(CN)C(C)C)c1. The smallest absolute Gasteiger partial charge is 0.150 e. The molecule has 17 heavy (non-hydrogen) atoms. The lowest BCUT2D eigenvalue weighted by Gasteiger charge is -2.29. The molecular weight excluding hydrogens is 221 g/mol. The Morgan fingerprint density at radius 2 is 1.65 bits per heavy atom. The van der Waals surface area contributed by atoms with Crippen LogP contribution in [0.3, 0.4) is 0 Å². The summed E-state index contributed by atoms with van der Waals surface area (Å²) >= 11 is 0. The Morgan fingerprint density at radius 1 is 1.18 bits per heavy atom. The molecule has 0 saturated heterocycles. The van der Waals surface area contributed by atoms with Gasteiger partial charge in [-0.2, -0.15) is 0 Å². The van der Waals surface area contributed by atoms with Gasteiger partial charge < -0.3 is 15.2 Å². The van der Waals surface area contributed by atoms with Crippen LogP contribution in [-0.4, -0.2) is 20.8 Å². The van der Waals surface area contributed by atoms with E-state index in [-0.39, 0.29) is 12.5 Å². The van der Waals surface area contributed by atoms with E-state index in [2.05, 4.69) is 0 Å². The van der Waals surface area contributed by atoms with E-state index in [9.17, 15) is 4.39 Å². The van der Waals surface area contributed by atoms with E-state index in [0.29, 0.717) is 17.1 Å². The molecule has 1 aromatic rings. The van der Waals surface area contributed by atoms with Gasteiger partial charge in [0.05, 0.1) is 14.2 Å². The van der Waals surface area contributed by atoms with Crippen LogP contribution in [-0.2, 0) is 5.67 Å². The summed E-state index contributed by atoms with van der Waals surface area (Å²) in [4.78, 5) is 0. The summed E-state index contributed by atoms with van der Waals surface area (Å²) in [7, 11) is 3.08. The maximum Gasteiger partial charge on any atom is 0.150 e. The quantitative estimate of drug-likeness (QED) is 0.861. The second-order valence-electron chi connectivity index (χ2n) is 4.32. The van der Waals surface area contributed by atoms with Crippen molar-refractivity contribution in [3.8, 4) is 11.5 Å². The first-order valence-electron chi connectivity index (χ1n) is 5.60.